The highest BCUT2D eigenvalue weighted by molar-refractivity contribution is 5.73. The van der Waals surface area contributed by atoms with Crippen LogP contribution >= 0.6 is 0 Å². The Bertz CT molecular complexity index is 2070. The Labute approximate surface area is 431 Å². The minimum atomic E-state index is -2.11. The van der Waals surface area contributed by atoms with Crippen molar-refractivity contribution < 1.29 is 109 Å². The van der Waals surface area contributed by atoms with E-state index >= 15 is 0 Å². The topological polar surface area (TPSA) is 362 Å². The SMILES string of the molecule is CCC(C)C(=O)O[C@H]1[C@H](O)[C@]2(CO)[C@H](O)[C@H](O)[C@]3(C)C(=CC[C@@H]4[C@@]5(C)CC[C@H](O[C@@H]6O[C@H](C(=O)O)[C@@H](O)[C@H](O[C@H]7OC[C@@H](O)[C@@H](O)[C@@H]7O)[C@H]6O[C@@H]6O[C@H](CO)[C@@H](O)[C@H](O)[C@H]6O)C(C)(C)[C@@H]5CC[C@]43C)[C@@H]2CC1(C)C. The van der Waals surface area contributed by atoms with E-state index in [0.717, 1.165) is 5.57 Å². The van der Waals surface area contributed by atoms with Gasteiger partial charge in [-0.05, 0) is 78.9 Å². The quantitative estimate of drug-likeness (QED) is 0.0622. The van der Waals surface area contributed by atoms with Crippen LogP contribution in [0.5, 0.6) is 0 Å². The van der Waals surface area contributed by atoms with Crippen LogP contribution in [0, 0.1) is 56.2 Å². The Balaban J connectivity index is 1.11. The molecule has 3 aliphatic heterocycles. The molecule has 0 bridgehead atoms. The van der Waals surface area contributed by atoms with E-state index < -0.39 is 193 Å². The Morgan fingerprint density at radius 1 is 0.730 bits per heavy atom. The maximum atomic E-state index is 13.2. The van der Waals surface area contributed by atoms with E-state index in [9.17, 15) is 76.0 Å². The van der Waals surface area contributed by atoms with Crippen LogP contribution in [0.25, 0.3) is 0 Å². The van der Waals surface area contributed by atoms with Gasteiger partial charge in [-0.15, -0.1) is 0 Å². The zero-order valence-electron chi connectivity index (χ0n) is 43.9. The van der Waals surface area contributed by atoms with Crippen LogP contribution in [0.3, 0.4) is 0 Å². The lowest BCUT2D eigenvalue weighted by atomic mass is 9.32. The highest BCUT2D eigenvalue weighted by Gasteiger charge is 2.75. The minimum absolute atomic E-state index is 0.106. The molecule has 74 heavy (non-hydrogen) atoms. The number of fused-ring (bicyclic) bond motifs is 7. The number of aliphatic hydroxyl groups excluding tert-OH is 12. The summed E-state index contributed by atoms with van der Waals surface area (Å²) in [6.07, 6.45) is -26.5. The number of carbonyl (C=O) groups is 2. The van der Waals surface area contributed by atoms with Crippen molar-refractivity contribution in [2.75, 3.05) is 19.8 Å². The van der Waals surface area contributed by atoms with Gasteiger partial charge in [0.1, 0.15) is 73.2 Å². The van der Waals surface area contributed by atoms with Gasteiger partial charge in [-0.2, -0.15) is 0 Å². The lowest BCUT2D eigenvalue weighted by molar-refractivity contribution is -0.392. The largest absolute Gasteiger partial charge is 0.479 e. The molecule has 5 aliphatic carbocycles. The van der Waals surface area contributed by atoms with Crippen molar-refractivity contribution in [2.24, 2.45) is 56.2 Å². The summed E-state index contributed by atoms with van der Waals surface area (Å²) in [4.78, 5) is 26.0. The Morgan fingerprint density at radius 2 is 1.38 bits per heavy atom. The molecule has 0 amide bonds. The van der Waals surface area contributed by atoms with E-state index in [4.69, 9.17) is 33.2 Å². The molecule has 22 heteroatoms. The van der Waals surface area contributed by atoms with Crippen molar-refractivity contribution in [2.45, 2.75) is 224 Å². The summed E-state index contributed by atoms with van der Waals surface area (Å²) < 4.78 is 42.3. The molecule has 3 heterocycles. The number of carboxylic acids is 1. The molecule has 424 valence electrons. The zero-order chi connectivity index (χ0) is 54.7. The summed E-state index contributed by atoms with van der Waals surface area (Å²) in [6, 6.07) is 0. The molecule has 0 aromatic rings. The highest BCUT2D eigenvalue weighted by Crippen LogP contribution is 2.76. The second kappa shape index (κ2) is 20.6. The number of aliphatic carboxylic acids is 1. The molecule has 0 aromatic carbocycles. The molecule has 27 atom stereocenters. The number of hydrogen-bond donors (Lipinski definition) is 13. The molecule has 22 nitrogen and oxygen atoms in total. The number of carboxylic acid groups (broad SMARTS) is 1. The van der Waals surface area contributed by atoms with Gasteiger partial charge in [0.2, 0.25) is 0 Å². The minimum Gasteiger partial charge on any atom is -0.479 e. The third kappa shape index (κ3) is 8.75. The van der Waals surface area contributed by atoms with Crippen molar-refractivity contribution in [3.8, 4) is 0 Å². The van der Waals surface area contributed by atoms with E-state index in [-0.39, 0.29) is 11.8 Å². The number of esters is 1. The van der Waals surface area contributed by atoms with E-state index in [1.54, 1.807) is 6.92 Å². The number of carbonyl (C=O) groups excluding carboxylic acids is 1. The maximum Gasteiger partial charge on any atom is 0.335 e. The lowest BCUT2D eigenvalue weighted by Crippen LogP contribution is -2.76. The van der Waals surface area contributed by atoms with Gasteiger partial charge in [0.05, 0.1) is 49.5 Å². The van der Waals surface area contributed by atoms with Gasteiger partial charge < -0.3 is 99.5 Å². The zero-order valence-corrected chi connectivity index (χ0v) is 43.9. The number of aliphatic hydroxyl groups is 12. The molecule has 8 aliphatic rings. The molecule has 4 saturated carbocycles. The summed E-state index contributed by atoms with van der Waals surface area (Å²) in [5, 5.41) is 145. The Morgan fingerprint density at radius 3 is 2.00 bits per heavy atom. The first-order chi connectivity index (χ1) is 34.5. The normalized spacial score (nSPS) is 52.3. The summed E-state index contributed by atoms with van der Waals surface area (Å²) >= 11 is 0. The van der Waals surface area contributed by atoms with Crippen LogP contribution in [-0.2, 0) is 42.7 Å². The van der Waals surface area contributed by atoms with Crippen molar-refractivity contribution in [1.29, 1.82) is 0 Å². The second-order valence-electron chi connectivity index (χ2n) is 25.1. The molecule has 13 N–H and O–H groups in total. The van der Waals surface area contributed by atoms with Gasteiger partial charge in [-0.3, -0.25) is 4.79 Å². The van der Waals surface area contributed by atoms with Crippen LogP contribution in [0.15, 0.2) is 11.6 Å². The first kappa shape index (κ1) is 58.1. The summed E-state index contributed by atoms with van der Waals surface area (Å²) in [5.41, 5.74) is -4.55. The number of allylic oxidation sites excluding steroid dienone is 1. The van der Waals surface area contributed by atoms with Gasteiger partial charge in [0, 0.05) is 10.8 Å². The van der Waals surface area contributed by atoms with Gasteiger partial charge >= 0.3 is 11.9 Å². The second-order valence-corrected chi connectivity index (χ2v) is 25.1. The number of rotatable bonds is 12. The van der Waals surface area contributed by atoms with Gasteiger partial charge in [-0.25, -0.2) is 4.79 Å². The average Bonchev–Trinajstić information content (AvgIpc) is 3.34. The smallest absolute Gasteiger partial charge is 0.335 e. The van der Waals surface area contributed by atoms with E-state index in [1.165, 1.54) is 0 Å². The third-order valence-corrected chi connectivity index (χ3v) is 20.6. The highest BCUT2D eigenvalue weighted by atomic mass is 16.8. The third-order valence-electron chi connectivity index (χ3n) is 20.6. The van der Waals surface area contributed by atoms with Crippen molar-refractivity contribution in [3.05, 3.63) is 11.6 Å². The predicted molar refractivity (Wildman–Crippen MR) is 253 cm³/mol. The van der Waals surface area contributed by atoms with E-state index in [1.807, 2.05) is 41.5 Å². The van der Waals surface area contributed by atoms with Crippen LogP contribution in [-0.4, -0.2) is 215 Å². The van der Waals surface area contributed by atoms with Crippen LogP contribution in [0.2, 0.25) is 0 Å². The first-order valence-corrected chi connectivity index (χ1v) is 26.5. The van der Waals surface area contributed by atoms with Crippen molar-refractivity contribution in [1.82, 2.24) is 0 Å². The van der Waals surface area contributed by atoms with Crippen molar-refractivity contribution >= 4 is 11.9 Å². The average molecular weight is 1060 g/mol. The molecular weight excluding hydrogens is 977 g/mol. The fourth-order valence-corrected chi connectivity index (χ4v) is 15.8. The molecule has 0 spiro atoms. The lowest BCUT2D eigenvalue weighted by Gasteiger charge is -2.73. The summed E-state index contributed by atoms with van der Waals surface area (Å²) in [7, 11) is 0. The molecule has 3 saturated heterocycles. The first-order valence-electron chi connectivity index (χ1n) is 26.5. The summed E-state index contributed by atoms with van der Waals surface area (Å²) in [5.74, 6) is -3.40. The number of ether oxygens (including phenoxy) is 7. The standard InChI is InChI=1S/C52H84O22/c1-10-21(2)43(67)74-41-40(64)52(20-54)23(17-47(41,3)4)22-11-12-27-49(7)15-14-28(48(5,6)26(49)13-16-50(27,8)51(22,9)38(62)39(52)63)70-46-37(73-45-33(60)31(58)30(57)25(18-53)69-45)35(34(61)36(72-46)42(65)66)71-44-32(59)29(56)24(55)19-68-44/h11,21,23-41,44-46,53-64H,10,12-20H2,1-9H3,(H,65,66)/t21?,23-,24+,25+,26-,27+,28-,29+,30+,31-,32-,33+,34-,35-,36-,37+,38-,39+,40-,41-,44+,45-,46+,49-,50+,51-,52-/m0/s1. The molecule has 0 aromatic heterocycles. The number of hydrogen-bond acceptors (Lipinski definition) is 21. The summed E-state index contributed by atoms with van der Waals surface area (Å²) in [6.45, 7) is 15.8. The van der Waals surface area contributed by atoms with Crippen LogP contribution < -0.4 is 0 Å². The Hall–Kier alpha value is -2.04. The fourth-order valence-electron chi connectivity index (χ4n) is 15.8. The Kier molecular flexibility index (Phi) is 16.1. The van der Waals surface area contributed by atoms with E-state index in [2.05, 4.69) is 19.9 Å². The fraction of sp³-hybridized carbons (Fsp3) is 0.923. The molecule has 7 fully saturated rings. The van der Waals surface area contributed by atoms with Crippen LogP contribution in [0.4, 0.5) is 0 Å². The van der Waals surface area contributed by atoms with E-state index in [0.29, 0.717) is 44.9 Å². The molecule has 0 radical (unpaired) electrons. The van der Waals surface area contributed by atoms with Crippen LogP contribution in [0.1, 0.15) is 107 Å². The predicted octanol–water partition coefficient (Wildman–Crippen LogP) is -1.17. The van der Waals surface area contributed by atoms with Gasteiger partial charge in [0.25, 0.3) is 0 Å². The van der Waals surface area contributed by atoms with Crippen molar-refractivity contribution in [3.63, 3.8) is 0 Å². The van der Waals surface area contributed by atoms with Gasteiger partial charge in [0.15, 0.2) is 25.0 Å². The molecular formula is C52H84O22. The monoisotopic (exact) mass is 1060 g/mol. The maximum absolute atomic E-state index is 13.2. The molecule has 8 rings (SSSR count). The molecule has 1 unspecified atom stereocenters. The van der Waals surface area contributed by atoms with Gasteiger partial charge in [-0.1, -0.05) is 74.0 Å².